The van der Waals surface area contributed by atoms with Crippen molar-refractivity contribution in [3.05, 3.63) is 58.1 Å². The van der Waals surface area contributed by atoms with E-state index in [2.05, 4.69) is 9.88 Å². The molecule has 25 heavy (non-hydrogen) atoms. The summed E-state index contributed by atoms with van der Waals surface area (Å²) in [5, 5.41) is 0. The number of halogens is 2. The largest absolute Gasteiger partial charge is 0.352 e. The molecule has 0 radical (unpaired) electrons. The van der Waals surface area contributed by atoms with Crippen molar-refractivity contribution in [2.75, 3.05) is 18.0 Å². The summed E-state index contributed by atoms with van der Waals surface area (Å²) in [5.74, 6) is -0.638. The van der Waals surface area contributed by atoms with E-state index >= 15 is 0 Å². The molecule has 1 aliphatic heterocycles. The first kappa shape index (κ1) is 16.2. The van der Waals surface area contributed by atoms with Gasteiger partial charge in [-0.3, -0.25) is 4.79 Å². The first-order valence-corrected chi connectivity index (χ1v) is 8.88. The van der Waals surface area contributed by atoms with Crippen LogP contribution >= 0.6 is 0 Å². The van der Waals surface area contributed by atoms with E-state index in [1.807, 2.05) is 0 Å². The number of anilines is 1. The molecule has 2 aromatic rings. The number of rotatable bonds is 4. The molecule has 0 N–H and O–H groups in total. The summed E-state index contributed by atoms with van der Waals surface area (Å²) in [6.07, 6.45) is 8.19. The Morgan fingerprint density at radius 3 is 2.52 bits per heavy atom. The molecule has 2 aliphatic rings. The zero-order valence-electron chi connectivity index (χ0n) is 14.0. The maximum atomic E-state index is 13.3. The third kappa shape index (κ3) is 3.43. The van der Waals surface area contributed by atoms with Crippen molar-refractivity contribution in [3.8, 4) is 0 Å². The Morgan fingerprint density at radius 2 is 1.84 bits per heavy atom. The molecule has 0 spiro atoms. The van der Waals surface area contributed by atoms with E-state index in [-0.39, 0.29) is 5.56 Å². The highest BCUT2D eigenvalue weighted by Gasteiger charge is 2.28. The van der Waals surface area contributed by atoms with Crippen LogP contribution < -0.4 is 10.5 Å². The summed E-state index contributed by atoms with van der Waals surface area (Å²) in [5.41, 5.74) is 0.829. The van der Waals surface area contributed by atoms with Crippen molar-refractivity contribution < 1.29 is 8.78 Å². The van der Waals surface area contributed by atoms with Crippen LogP contribution in [0.3, 0.4) is 0 Å². The molecule has 1 aromatic carbocycles. The average Bonchev–Trinajstić information content (AvgIpc) is 3.44. The highest BCUT2D eigenvalue weighted by Crippen LogP contribution is 2.33. The molecule has 0 atom stereocenters. The van der Waals surface area contributed by atoms with Gasteiger partial charge in [-0.25, -0.2) is 13.8 Å². The molecule has 1 saturated heterocycles. The van der Waals surface area contributed by atoms with Crippen molar-refractivity contribution in [1.82, 2.24) is 9.55 Å². The first-order valence-electron chi connectivity index (χ1n) is 8.88. The second kappa shape index (κ2) is 6.58. The van der Waals surface area contributed by atoms with Crippen LogP contribution in [0.1, 0.15) is 37.3 Å². The maximum absolute atomic E-state index is 13.3. The van der Waals surface area contributed by atoms with Gasteiger partial charge in [0.15, 0.2) is 17.5 Å². The van der Waals surface area contributed by atoms with Crippen molar-refractivity contribution in [2.45, 2.75) is 38.1 Å². The molecule has 6 heteroatoms. The Morgan fingerprint density at radius 1 is 1.08 bits per heavy atom. The van der Waals surface area contributed by atoms with Crippen LogP contribution in [-0.4, -0.2) is 22.6 Å². The first-order chi connectivity index (χ1) is 12.1. The molecule has 0 unspecified atom stereocenters. The Hall–Kier alpha value is -2.24. The van der Waals surface area contributed by atoms with E-state index in [1.165, 1.54) is 12.1 Å². The molecule has 1 aliphatic carbocycles. The van der Waals surface area contributed by atoms with E-state index in [9.17, 15) is 13.6 Å². The quantitative estimate of drug-likeness (QED) is 0.853. The van der Waals surface area contributed by atoms with Crippen LogP contribution in [0.2, 0.25) is 0 Å². The predicted octanol–water partition coefficient (Wildman–Crippen LogP) is 3.32. The van der Waals surface area contributed by atoms with Gasteiger partial charge in [0.2, 0.25) is 0 Å². The fourth-order valence-electron chi connectivity index (χ4n) is 3.62. The molecular weight excluding hydrogens is 324 g/mol. The molecular formula is C19H21F2N3O. The van der Waals surface area contributed by atoms with Gasteiger partial charge in [-0.05, 0) is 55.7 Å². The van der Waals surface area contributed by atoms with Crippen molar-refractivity contribution in [2.24, 2.45) is 5.92 Å². The topological polar surface area (TPSA) is 38.1 Å². The van der Waals surface area contributed by atoms with E-state index in [1.54, 1.807) is 23.0 Å². The lowest BCUT2D eigenvalue weighted by Crippen LogP contribution is -2.39. The van der Waals surface area contributed by atoms with Crippen LogP contribution in [-0.2, 0) is 6.42 Å². The van der Waals surface area contributed by atoms with Crippen molar-refractivity contribution >= 4 is 5.82 Å². The summed E-state index contributed by atoms with van der Waals surface area (Å²) in [6, 6.07) is 4.47. The van der Waals surface area contributed by atoms with Crippen LogP contribution in [0.5, 0.6) is 0 Å². The second-order valence-electron chi connectivity index (χ2n) is 7.08. The van der Waals surface area contributed by atoms with E-state index in [4.69, 9.17) is 0 Å². The summed E-state index contributed by atoms with van der Waals surface area (Å²) < 4.78 is 28.2. The third-order valence-corrected chi connectivity index (χ3v) is 5.21. The van der Waals surface area contributed by atoms with Gasteiger partial charge in [0, 0.05) is 31.5 Å². The third-order valence-electron chi connectivity index (χ3n) is 5.21. The molecule has 1 saturated carbocycles. The zero-order valence-corrected chi connectivity index (χ0v) is 14.0. The summed E-state index contributed by atoms with van der Waals surface area (Å²) in [6.45, 7) is 1.54. The van der Waals surface area contributed by atoms with Gasteiger partial charge >= 0.3 is 0 Å². The second-order valence-corrected chi connectivity index (χ2v) is 7.08. The minimum Gasteiger partial charge on any atom is -0.352 e. The highest BCUT2D eigenvalue weighted by molar-refractivity contribution is 5.36. The summed E-state index contributed by atoms with van der Waals surface area (Å²) in [7, 11) is 0. The Bertz CT molecular complexity index is 824. The number of nitrogens with zero attached hydrogens (tertiary/aromatic N) is 3. The minimum atomic E-state index is -0.805. The number of benzene rings is 1. The molecule has 0 bridgehead atoms. The number of hydrogen-bond donors (Lipinski definition) is 0. The van der Waals surface area contributed by atoms with Gasteiger partial charge in [-0.1, -0.05) is 6.07 Å². The lowest BCUT2D eigenvalue weighted by Gasteiger charge is -2.32. The van der Waals surface area contributed by atoms with Gasteiger partial charge in [0.05, 0.1) is 0 Å². The minimum absolute atomic E-state index is 0.00376. The van der Waals surface area contributed by atoms with Gasteiger partial charge in [-0.2, -0.15) is 0 Å². The molecule has 2 heterocycles. The Balaban J connectivity index is 1.41. The van der Waals surface area contributed by atoms with Crippen LogP contribution in [0, 0.1) is 17.6 Å². The van der Waals surface area contributed by atoms with E-state index in [0.29, 0.717) is 17.8 Å². The SMILES string of the molecule is O=c1c(N2CCC(Cc3ccc(F)c(F)c3)CC2)nccn1C1CC1. The highest BCUT2D eigenvalue weighted by atomic mass is 19.2. The Kier molecular flexibility index (Phi) is 4.27. The molecule has 132 valence electrons. The normalized spacial score (nSPS) is 18.6. The van der Waals surface area contributed by atoms with E-state index in [0.717, 1.165) is 50.8 Å². The number of hydrogen-bond acceptors (Lipinski definition) is 3. The van der Waals surface area contributed by atoms with E-state index < -0.39 is 11.6 Å². The molecule has 0 amide bonds. The van der Waals surface area contributed by atoms with Gasteiger partial charge < -0.3 is 9.47 Å². The summed E-state index contributed by atoms with van der Waals surface area (Å²) >= 11 is 0. The number of aromatic nitrogens is 2. The maximum Gasteiger partial charge on any atom is 0.293 e. The zero-order chi connectivity index (χ0) is 17.4. The monoisotopic (exact) mass is 345 g/mol. The molecule has 1 aromatic heterocycles. The predicted molar refractivity (Wildman–Crippen MR) is 91.8 cm³/mol. The molecule has 4 rings (SSSR count). The molecule has 2 fully saturated rings. The van der Waals surface area contributed by atoms with Crippen molar-refractivity contribution in [3.63, 3.8) is 0 Å². The number of piperidine rings is 1. The smallest absolute Gasteiger partial charge is 0.293 e. The van der Waals surface area contributed by atoms with Gasteiger partial charge in [0.1, 0.15) is 0 Å². The fourth-order valence-corrected chi connectivity index (χ4v) is 3.62. The van der Waals surface area contributed by atoms with Crippen molar-refractivity contribution in [1.29, 1.82) is 0 Å². The van der Waals surface area contributed by atoms with Gasteiger partial charge in [0.25, 0.3) is 5.56 Å². The fraction of sp³-hybridized carbons (Fsp3) is 0.474. The lowest BCUT2D eigenvalue weighted by atomic mass is 9.90. The van der Waals surface area contributed by atoms with Crippen LogP contribution in [0.25, 0.3) is 0 Å². The average molecular weight is 345 g/mol. The Labute approximate surface area is 145 Å². The van der Waals surface area contributed by atoms with Gasteiger partial charge in [-0.15, -0.1) is 0 Å². The van der Waals surface area contributed by atoms with Crippen LogP contribution in [0.4, 0.5) is 14.6 Å². The summed E-state index contributed by atoms with van der Waals surface area (Å²) in [4.78, 5) is 18.9. The lowest BCUT2D eigenvalue weighted by molar-refractivity contribution is 0.399. The molecule has 4 nitrogen and oxygen atoms in total. The van der Waals surface area contributed by atoms with Crippen LogP contribution in [0.15, 0.2) is 35.4 Å². The standard InChI is InChI=1S/C19H21F2N3O/c20-16-4-1-14(12-17(16)21)11-13-5-8-23(9-6-13)18-19(25)24(10-7-22-18)15-2-3-15/h1,4,7,10,12-13,15H,2-3,5-6,8-9,11H2.